The lowest BCUT2D eigenvalue weighted by Gasteiger charge is -2.19. The van der Waals surface area contributed by atoms with Crippen LogP contribution in [0.2, 0.25) is 0 Å². The Balaban J connectivity index is 2.75. The molecule has 0 saturated carbocycles. The summed E-state index contributed by atoms with van der Waals surface area (Å²) in [5.41, 5.74) is 10.0. The summed E-state index contributed by atoms with van der Waals surface area (Å²) in [6.07, 6.45) is 2.22. The van der Waals surface area contributed by atoms with Crippen molar-refractivity contribution < 1.29 is 9.13 Å². The fraction of sp³-hybridized carbons (Fsp3) is 0.353. The highest BCUT2D eigenvalue weighted by Crippen LogP contribution is 2.38. The van der Waals surface area contributed by atoms with Crippen molar-refractivity contribution in [2.75, 3.05) is 12.8 Å². The molecule has 0 amide bonds. The largest absolute Gasteiger partial charge is 0.481 e. The highest BCUT2D eigenvalue weighted by Gasteiger charge is 2.18. The van der Waals surface area contributed by atoms with Crippen LogP contribution in [0.4, 0.5) is 10.1 Å². The number of aromatic nitrogens is 1. The Morgan fingerprint density at radius 1 is 1.33 bits per heavy atom. The lowest BCUT2D eigenvalue weighted by atomic mass is 9.89. The third kappa shape index (κ3) is 2.84. The minimum Gasteiger partial charge on any atom is -0.481 e. The molecule has 2 rings (SSSR count). The third-order valence-electron chi connectivity index (χ3n) is 3.66. The number of pyridine rings is 1. The van der Waals surface area contributed by atoms with Gasteiger partial charge in [-0.05, 0) is 41.2 Å². The Morgan fingerprint density at radius 2 is 2.05 bits per heavy atom. The minimum absolute atomic E-state index is 0.160. The molecule has 1 heterocycles. The first-order valence-electron chi connectivity index (χ1n) is 7.10. The van der Waals surface area contributed by atoms with E-state index in [1.807, 2.05) is 26.8 Å². The van der Waals surface area contributed by atoms with Crippen molar-refractivity contribution >= 4 is 5.69 Å². The van der Waals surface area contributed by atoms with Gasteiger partial charge >= 0.3 is 0 Å². The summed E-state index contributed by atoms with van der Waals surface area (Å²) < 4.78 is 19.6. The fourth-order valence-electron chi connectivity index (χ4n) is 2.56. The molecular weight excluding hydrogens is 267 g/mol. The van der Waals surface area contributed by atoms with Crippen LogP contribution in [-0.4, -0.2) is 12.1 Å². The van der Waals surface area contributed by atoms with Crippen molar-refractivity contribution in [2.24, 2.45) is 0 Å². The van der Waals surface area contributed by atoms with Gasteiger partial charge in [-0.25, -0.2) is 9.37 Å². The van der Waals surface area contributed by atoms with Crippen LogP contribution in [-0.2, 0) is 6.42 Å². The van der Waals surface area contributed by atoms with E-state index in [0.29, 0.717) is 23.6 Å². The first-order chi connectivity index (χ1) is 9.99. The maximum Gasteiger partial charge on any atom is 0.213 e. The number of methoxy groups -OCH3 is 1. The summed E-state index contributed by atoms with van der Waals surface area (Å²) >= 11 is 0. The second-order valence-electron chi connectivity index (χ2n) is 5.31. The zero-order valence-electron chi connectivity index (χ0n) is 12.9. The van der Waals surface area contributed by atoms with Crippen molar-refractivity contribution in [2.45, 2.75) is 33.1 Å². The number of nitrogens with zero attached hydrogens (tertiary/aromatic N) is 1. The van der Waals surface area contributed by atoms with E-state index in [-0.39, 0.29) is 11.7 Å². The van der Waals surface area contributed by atoms with Crippen LogP contribution in [0.15, 0.2) is 24.4 Å². The van der Waals surface area contributed by atoms with E-state index < -0.39 is 0 Å². The van der Waals surface area contributed by atoms with Crippen LogP contribution < -0.4 is 10.5 Å². The van der Waals surface area contributed by atoms with Gasteiger partial charge < -0.3 is 10.5 Å². The zero-order chi connectivity index (χ0) is 15.6. The van der Waals surface area contributed by atoms with Crippen molar-refractivity contribution in [3.05, 3.63) is 41.3 Å². The number of rotatable bonds is 4. The van der Waals surface area contributed by atoms with E-state index in [1.165, 1.54) is 0 Å². The highest BCUT2D eigenvalue weighted by molar-refractivity contribution is 5.82. The Hall–Kier alpha value is -2.10. The van der Waals surface area contributed by atoms with Gasteiger partial charge in [0.2, 0.25) is 5.88 Å². The minimum atomic E-state index is -0.207. The van der Waals surface area contributed by atoms with Gasteiger partial charge in [-0.15, -0.1) is 0 Å². The summed E-state index contributed by atoms with van der Waals surface area (Å²) in [5.74, 6) is 0.443. The molecule has 112 valence electrons. The lowest BCUT2D eigenvalue weighted by Crippen LogP contribution is -2.05. The number of nitrogen functional groups attached to an aromatic ring is 1. The standard InChI is InChI=1S/C17H21FN2O/c1-5-12-14(18)9-13(10(2)3)17(19)16(12)11-6-7-20-15(8-11)21-4/h6-10H,5,19H2,1-4H3. The topological polar surface area (TPSA) is 48.1 Å². The van der Waals surface area contributed by atoms with Crippen molar-refractivity contribution in [1.29, 1.82) is 0 Å². The van der Waals surface area contributed by atoms with E-state index >= 15 is 0 Å². The number of hydrogen-bond donors (Lipinski definition) is 1. The summed E-state index contributed by atoms with van der Waals surface area (Å²) in [4.78, 5) is 4.09. The number of anilines is 1. The van der Waals surface area contributed by atoms with Gasteiger partial charge in [-0.3, -0.25) is 0 Å². The molecule has 1 aromatic heterocycles. The molecule has 0 atom stereocenters. The van der Waals surface area contributed by atoms with Gasteiger partial charge in [0, 0.05) is 23.5 Å². The number of hydrogen-bond acceptors (Lipinski definition) is 3. The Morgan fingerprint density at radius 3 is 2.62 bits per heavy atom. The summed E-state index contributed by atoms with van der Waals surface area (Å²) in [7, 11) is 1.56. The molecule has 0 fully saturated rings. The third-order valence-corrected chi connectivity index (χ3v) is 3.66. The van der Waals surface area contributed by atoms with Crippen molar-refractivity contribution in [1.82, 2.24) is 4.98 Å². The average Bonchev–Trinajstić information content (AvgIpc) is 2.48. The van der Waals surface area contributed by atoms with Gasteiger partial charge in [0.25, 0.3) is 0 Å². The molecule has 0 aliphatic carbocycles. The zero-order valence-corrected chi connectivity index (χ0v) is 12.9. The smallest absolute Gasteiger partial charge is 0.213 e. The fourth-order valence-corrected chi connectivity index (χ4v) is 2.56. The second-order valence-corrected chi connectivity index (χ2v) is 5.31. The van der Waals surface area contributed by atoms with Crippen LogP contribution in [0.5, 0.6) is 5.88 Å². The lowest BCUT2D eigenvalue weighted by molar-refractivity contribution is 0.398. The van der Waals surface area contributed by atoms with Gasteiger partial charge in [0.15, 0.2) is 0 Å². The van der Waals surface area contributed by atoms with Crippen LogP contribution >= 0.6 is 0 Å². The molecule has 0 saturated heterocycles. The molecule has 0 spiro atoms. The predicted octanol–water partition coefficient (Wildman–Crippen LogP) is 4.16. The maximum absolute atomic E-state index is 14.4. The molecule has 1 aromatic carbocycles. The summed E-state index contributed by atoms with van der Waals surface area (Å²) in [6, 6.07) is 5.17. The molecule has 2 N–H and O–H groups in total. The molecule has 0 bridgehead atoms. The van der Waals surface area contributed by atoms with Crippen LogP contribution in [0.1, 0.15) is 37.8 Å². The predicted molar refractivity (Wildman–Crippen MR) is 84.1 cm³/mol. The first-order valence-corrected chi connectivity index (χ1v) is 7.10. The monoisotopic (exact) mass is 288 g/mol. The van der Waals surface area contributed by atoms with E-state index in [4.69, 9.17) is 10.5 Å². The quantitative estimate of drug-likeness (QED) is 0.859. The molecule has 0 unspecified atom stereocenters. The highest BCUT2D eigenvalue weighted by atomic mass is 19.1. The van der Waals surface area contributed by atoms with E-state index in [9.17, 15) is 4.39 Å². The van der Waals surface area contributed by atoms with Crippen LogP contribution in [0.3, 0.4) is 0 Å². The van der Waals surface area contributed by atoms with Gasteiger partial charge in [-0.2, -0.15) is 0 Å². The van der Waals surface area contributed by atoms with E-state index in [2.05, 4.69) is 4.98 Å². The van der Waals surface area contributed by atoms with Crippen LogP contribution in [0, 0.1) is 5.82 Å². The molecule has 3 nitrogen and oxygen atoms in total. The Kier molecular flexibility index (Phi) is 4.46. The molecule has 0 radical (unpaired) electrons. The molecule has 21 heavy (non-hydrogen) atoms. The average molecular weight is 288 g/mol. The Labute approximate surface area is 125 Å². The molecule has 4 heteroatoms. The first kappa shape index (κ1) is 15.3. The van der Waals surface area contributed by atoms with E-state index in [1.54, 1.807) is 25.4 Å². The van der Waals surface area contributed by atoms with Gasteiger partial charge in [0.05, 0.1) is 7.11 Å². The number of nitrogens with two attached hydrogens (primary N) is 1. The van der Waals surface area contributed by atoms with Crippen molar-refractivity contribution in [3.8, 4) is 17.0 Å². The van der Waals surface area contributed by atoms with Crippen molar-refractivity contribution in [3.63, 3.8) is 0 Å². The number of benzene rings is 1. The second kappa shape index (κ2) is 6.12. The number of halogens is 1. The van der Waals surface area contributed by atoms with Gasteiger partial charge in [0.1, 0.15) is 5.82 Å². The van der Waals surface area contributed by atoms with Gasteiger partial charge in [-0.1, -0.05) is 20.8 Å². The Bertz CT molecular complexity index is 653. The molecule has 2 aromatic rings. The summed E-state index contributed by atoms with van der Waals surface area (Å²) in [6.45, 7) is 5.94. The van der Waals surface area contributed by atoms with E-state index in [0.717, 1.165) is 16.7 Å². The molecular formula is C17H21FN2O. The molecule has 0 aliphatic rings. The molecule has 0 aliphatic heterocycles. The number of ether oxygens (including phenoxy) is 1. The summed E-state index contributed by atoms with van der Waals surface area (Å²) in [5, 5.41) is 0. The maximum atomic E-state index is 14.4. The normalized spacial score (nSPS) is 11.0. The SMILES string of the molecule is CCc1c(F)cc(C(C)C)c(N)c1-c1ccnc(OC)c1. The van der Waals surface area contributed by atoms with Crippen LogP contribution in [0.25, 0.3) is 11.1 Å².